The molecule has 0 spiro atoms. The topological polar surface area (TPSA) is 79.8 Å². The highest BCUT2D eigenvalue weighted by Crippen LogP contribution is 2.06. The maximum absolute atomic E-state index is 12.0. The molecule has 0 saturated carbocycles. The van der Waals surface area contributed by atoms with Gasteiger partial charge < -0.3 is 14.9 Å². The molecule has 3 aromatic rings. The predicted octanol–water partition coefficient (Wildman–Crippen LogP) is 1.55. The van der Waals surface area contributed by atoms with E-state index in [2.05, 4.69) is 15.3 Å². The molecule has 2 aromatic heterocycles. The summed E-state index contributed by atoms with van der Waals surface area (Å²) in [6.07, 6.45) is 6.92. The maximum Gasteiger partial charge on any atom is 0.260 e. The highest BCUT2D eigenvalue weighted by molar-refractivity contribution is 5.93. The Morgan fingerprint density at radius 2 is 1.96 bits per heavy atom. The lowest BCUT2D eigenvalue weighted by Gasteiger charge is -2.07. The van der Waals surface area contributed by atoms with Crippen LogP contribution in [0.3, 0.4) is 0 Å². The maximum atomic E-state index is 12.0. The van der Waals surface area contributed by atoms with E-state index in [1.54, 1.807) is 18.6 Å². The highest BCUT2D eigenvalue weighted by atomic mass is 16.2. The number of aromatic nitrogens is 3. The molecule has 6 nitrogen and oxygen atoms in total. The molecule has 2 heterocycles. The molecule has 1 amide bonds. The zero-order valence-electron chi connectivity index (χ0n) is 12.4. The van der Waals surface area contributed by atoms with E-state index in [1.807, 2.05) is 35.0 Å². The molecule has 23 heavy (non-hydrogen) atoms. The van der Waals surface area contributed by atoms with Crippen molar-refractivity contribution in [3.05, 3.63) is 88.4 Å². The molecule has 0 fully saturated rings. The van der Waals surface area contributed by atoms with E-state index in [-0.39, 0.29) is 17.0 Å². The van der Waals surface area contributed by atoms with Crippen molar-refractivity contribution < 1.29 is 4.79 Å². The molecule has 0 bridgehead atoms. The van der Waals surface area contributed by atoms with Gasteiger partial charge in [0.15, 0.2) is 0 Å². The number of nitrogens with one attached hydrogen (secondary N) is 2. The van der Waals surface area contributed by atoms with Gasteiger partial charge in [0.05, 0.1) is 6.33 Å². The van der Waals surface area contributed by atoms with Crippen LogP contribution in [0.4, 0.5) is 0 Å². The fraction of sp³-hybridized carbons (Fsp3) is 0.118. The zero-order chi connectivity index (χ0) is 16.1. The number of imidazole rings is 1. The summed E-state index contributed by atoms with van der Waals surface area (Å²) in [5, 5.41) is 2.75. The largest absolute Gasteiger partial charge is 0.348 e. The van der Waals surface area contributed by atoms with Gasteiger partial charge >= 0.3 is 0 Å². The summed E-state index contributed by atoms with van der Waals surface area (Å²) in [5.74, 6) is -0.380. The van der Waals surface area contributed by atoms with Gasteiger partial charge in [-0.1, -0.05) is 24.3 Å². The Bertz CT molecular complexity index is 836. The van der Waals surface area contributed by atoms with Crippen LogP contribution in [0.2, 0.25) is 0 Å². The molecular formula is C17H16N4O2. The number of aromatic amines is 1. The smallest absolute Gasteiger partial charge is 0.260 e. The lowest BCUT2D eigenvalue weighted by molar-refractivity contribution is 0.0949. The van der Waals surface area contributed by atoms with Gasteiger partial charge in [0.2, 0.25) is 0 Å². The first-order valence-electron chi connectivity index (χ1n) is 7.22. The van der Waals surface area contributed by atoms with E-state index < -0.39 is 0 Å². The Morgan fingerprint density at radius 3 is 2.65 bits per heavy atom. The van der Waals surface area contributed by atoms with Crippen LogP contribution in [-0.2, 0) is 13.1 Å². The van der Waals surface area contributed by atoms with Crippen LogP contribution in [0, 0.1) is 0 Å². The molecule has 6 heteroatoms. The van der Waals surface area contributed by atoms with Crippen molar-refractivity contribution in [1.29, 1.82) is 0 Å². The minimum Gasteiger partial charge on any atom is -0.348 e. The summed E-state index contributed by atoms with van der Waals surface area (Å²) in [7, 11) is 0. The molecule has 0 aliphatic carbocycles. The average molecular weight is 308 g/mol. The molecule has 1 aromatic carbocycles. The first kappa shape index (κ1) is 14.8. The molecule has 0 aliphatic heterocycles. The third-order valence-electron chi connectivity index (χ3n) is 3.46. The Balaban J connectivity index is 1.59. The Kier molecular flexibility index (Phi) is 4.33. The molecule has 0 aliphatic rings. The highest BCUT2D eigenvalue weighted by Gasteiger charge is 2.08. The first-order chi connectivity index (χ1) is 11.2. The van der Waals surface area contributed by atoms with Gasteiger partial charge in [-0.15, -0.1) is 0 Å². The summed E-state index contributed by atoms with van der Waals surface area (Å²) in [5.41, 5.74) is 1.85. The standard InChI is InChI=1S/C17H16N4O2/c22-16-15(2-1-7-19-16)17(23)20-10-13-3-5-14(6-4-13)11-21-9-8-18-12-21/h1-9,12H,10-11H2,(H,19,22)(H,20,23). The fourth-order valence-corrected chi connectivity index (χ4v) is 2.23. The van der Waals surface area contributed by atoms with Gasteiger partial charge in [-0.25, -0.2) is 4.98 Å². The van der Waals surface area contributed by atoms with Crippen LogP contribution in [0.5, 0.6) is 0 Å². The third kappa shape index (κ3) is 3.74. The normalized spacial score (nSPS) is 10.4. The van der Waals surface area contributed by atoms with Crippen molar-refractivity contribution in [1.82, 2.24) is 19.9 Å². The van der Waals surface area contributed by atoms with Crippen LogP contribution < -0.4 is 10.9 Å². The van der Waals surface area contributed by atoms with Crippen LogP contribution in [0.1, 0.15) is 21.5 Å². The Labute approximate surface area is 132 Å². The van der Waals surface area contributed by atoms with Gasteiger partial charge in [-0.05, 0) is 23.3 Å². The average Bonchev–Trinajstić information content (AvgIpc) is 3.07. The zero-order valence-corrected chi connectivity index (χ0v) is 12.4. The number of pyridine rings is 1. The number of H-pyrrole nitrogens is 1. The second kappa shape index (κ2) is 6.74. The molecule has 116 valence electrons. The Morgan fingerprint density at radius 1 is 1.17 bits per heavy atom. The summed E-state index contributed by atoms with van der Waals surface area (Å²) in [6, 6.07) is 11.1. The number of carbonyl (C=O) groups is 1. The number of carbonyl (C=O) groups excluding carboxylic acids is 1. The van der Waals surface area contributed by atoms with Crippen LogP contribution >= 0.6 is 0 Å². The van der Waals surface area contributed by atoms with Crippen molar-refractivity contribution in [2.24, 2.45) is 0 Å². The van der Waals surface area contributed by atoms with Crippen molar-refractivity contribution in [2.45, 2.75) is 13.1 Å². The fourth-order valence-electron chi connectivity index (χ4n) is 2.23. The second-order valence-electron chi connectivity index (χ2n) is 5.15. The van der Waals surface area contributed by atoms with Crippen molar-refractivity contribution in [3.63, 3.8) is 0 Å². The number of amides is 1. The number of hydrogen-bond acceptors (Lipinski definition) is 3. The summed E-state index contributed by atoms with van der Waals surface area (Å²) >= 11 is 0. The molecule has 0 radical (unpaired) electrons. The lowest BCUT2D eigenvalue weighted by atomic mass is 10.1. The van der Waals surface area contributed by atoms with Crippen molar-refractivity contribution in [2.75, 3.05) is 0 Å². The minimum atomic E-state index is -0.388. The SMILES string of the molecule is O=C(NCc1ccc(Cn2ccnc2)cc1)c1ccc[nH]c1=O. The van der Waals surface area contributed by atoms with Crippen LogP contribution in [0.15, 0.2) is 66.1 Å². The molecule has 0 saturated heterocycles. The van der Waals surface area contributed by atoms with E-state index in [9.17, 15) is 9.59 Å². The van der Waals surface area contributed by atoms with E-state index in [1.165, 1.54) is 12.3 Å². The number of benzene rings is 1. The molecule has 0 unspecified atom stereocenters. The monoisotopic (exact) mass is 308 g/mol. The van der Waals surface area contributed by atoms with Crippen molar-refractivity contribution in [3.8, 4) is 0 Å². The molecular weight excluding hydrogens is 292 g/mol. The van der Waals surface area contributed by atoms with E-state index >= 15 is 0 Å². The molecule has 3 rings (SSSR count). The number of hydrogen-bond donors (Lipinski definition) is 2. The van der Waals surface area contributed by atoms with Crippen LogP contribution in [-0.4, -0.2) is 20.4 Å². The van der Waals surface area contributed by atoms with Gasteiger partial charge in [-0.2, -0.15) is 0 Å². The quantitative estimate of drug-likeness (QED) is 0.750. The van der Waals surface area contributed by atoms with E-state index in [0.29, 0.717) is 6.54 Å². The number of nitrogens with zero attached hydrogens (tertiary/aromatic N) is 2. The number of rotatable bonds is 5. The Hall–Kier alpha value is -3.15. The van der Waals surface area contributed by atoms with Gasteiger partial charge in [0.1, 0.15) is 5.56 Å². The van der Waals surface area contributed by atoms with E-state index in [4.69, 9.17) is 0 Å². The minimum absolute atomic E-state index is 0.115. The third-order valence-corrected chi connectivity index (χ3v) is 3.46. The molecule has 2 N–H and O–H groups in total. The first-order valence-corrected chi connectivity index (χ1v) is 7.22. The van der Waals surface area contributed by atoms with Gasteiger partial charge in [0.25, 0.3) is 11.5 Å². The lowest BCUT2D eigenvalue weighted by Crippen LogP contribution is -2.28. The summed E-state index contributed by atoms with van der Waals surface area (Å²) < 4.78 is 1.98. The van der Waals surface area contributed by atoms with Crippen molar-refractivity contribution >= 4 is 5.91 Å². The van der Waals surface area contributed by atoms with E-state index in [0.717, 1.165) is 17.7 Å². The molecule has 0 atom stereocenters. The second-order valence-corrected chi connectivity index (χ2v) is 5.15. The van der Waals surface area contributed by atoms with Crippen LogP contribution in [0.25, 0.3) is 0 Å². The van der Waals surface area contributed by atoms with Gasteiger partial charge in [-0.3, -0.25) is 9.59 Å². The van der Waals surface area contributed by atoms with Gasteiger partial charge in [0, 0.05) is 31.7 Å². The summed E-state index contributed by atoms with van der Waals surface area (Å²) in [6.45, 7) is 1.13. The predicted molar refractivity (Wildman–Crippen MR) is 86.0 cm³/mol. The summed E-state index contributed by atoms with van der Waals surface area (Å²) in [4.78, 5) is 30.0.